The highest BCUT2D eigenvalue weighted by molar-refractivity contribution is 14.0. The van der Waals surface area contributed by atoms with Crippen LogP contribution in [0.15, 0.2) is 4.99 Å². The average Bonchev–Trinajstić information content (AvgIpc) is 3.33. The van der Waals surface area contributed by atoms with Gasteiger partial charge >= 0.3 is 0 Å². The first-order valence-electron chi connectivity index (χ1n) is 10.7. The van der Waals surface area contributed by atoms with Crippen LogP contribution in [-0.2, 0) is 9.47 Å². The van der Waals surface area contributed by atoms with E-state index in [0.717, 1.165) is 90.4 Å². The normalized spacial score (nSPS) is 23.1. The molecular weight excluding hydrogens is 455 g/mol. The van der Waals surface area contributed by atoms with Crippen molar-refractivity contribution in [1.82, 2.24) is 15.1 Å². The van der Waals surface area contributed by atoms with Gasteiger partial charge in [-0.3, -0.25) is 4.99 Å². The van der Waals surface area contributed by atoms with E-state index < -0.39 is 0 Å². The van der Waals surface area contributed by atoms with Gasteiger partial charge in [0.1, 0.15) is 0 Å². The molecule has 0 aromatic heterocycles. The van der Waals surface area contributed by atoms with E-state index >= 15 is 0 Å². The molecular formula is C20H41IN4O2. The molecule has 2 fully saturated rings. The number of hydrogen-bond acceptors (Lipinski definition) is 4. The molecule has 0 aromatic rings. The van der Waals surface area contributed by atoms with Crippen LogP contribution in [0.25, 0.3) is 0 Å². The molecule has 0 amide bonds. The van der Waals surface area contributed by atoms with E-state index in [2.05, 4.69) is 35.9 Å². The zero-order valence-electron chi connectivity index (χ0n) is 17.6. The van der Waals surface area contributed by atoms with Crippen LogP contribution in [0.3, 0.4) is 0 Å². The standard InChI is InChI=1S/C20H40N4O2.HI/c1-4-21-20(22-10-7-12-25-16-19-9-13-26-17-19)24-11-8-18(15-24)14-23(5-2)6-3;/h18-19H,4-17H2,1-3H3,(H,21,22);1H. The number of nitrogens with zero attached hydrogens (tertiary/aromatic N) is 3. The van der Waals surface area contributed by atoms with Gasteiger partial charge in [-0.1, -0.05) is 13.8 Å². The van der Waals surface area contributed by atoms with E-state index in [1.165, 1.54) is 13.0 Å². The summed E-state index contributed by atoms with van der Waals surface area (Å²) in [4.78, 5) is 9.80. The van der Waals surface area contributed by atoms with Crippen LogP contribution in [0.1, 0.15) is 40.0 Å². The molecule has 0 aromatic carbocycles. The van der Waals surface area contributed by atoms with Gasteiger partial charge in [0.2, 0.25) is 0 Å². The number of hydrogen-bond donors (Lipinski definition) is 1. The first-order chi connectivity index (χ1) is 12.8. The molecule has 27 heavy (non-hydrogen) atoms. The van der Waals surface area contributed by atoms with Crippen molar-refractivity contribution in [2.24, 2.45) is 16.8 Å². The maximum atomic E-state index is 5.78. The third-order valence-corrected chi connectivity index (χ3v) is 5.42. The monoisotopic (exact) mass is 496 g/mol. The molecule has 7 heteroatoms. The lowest BCUT2D eigenvalue weighted by Crippen LogP contribution is -2.41. The van der Waals surface area contributed by atoms with Crippen molar-refractivity contribution < 1.29 is 9.47 Å². The summed E-state index contributed by atoms with van der Waals surface area (Å²) in [6.45, 7) is 17.6. The minimum atomic E-state index is 0. The molecule has 0 radical (unpaired) electrons. The highest BCUT2D eigenvalue weighted by atomic mass is 127. The fraction of sp³-hybridized carbons (Fsp3) is 0.950. The van der Waals surface area contributed by atoms with Crippen molar-refractivity contribution in [1.29, 1.82) is 0 Å². The largest absolute Gasteiger partial charge is 0.381 e. The Balaban J connectivity index is 0.00000364. The second-order valence-electron chi connectivity index (χ2n) is 7.48. The summed E-state index contributed by atoms with van der Waals surface area (Å²) in [5.74, 6) is 2.44. The fourth-order valence-electron chi connectivity index (χ4n) is 3.76. The molecule has 2 saturated heterocycles. The Kier molecular flexibility index (Phi) is 13.7. The second kappa shape index (κ2) is 14.8. The third kappa shape index (κ3) is 9.28. The Hall–Kier alpha value is -0.120. The first-order valence-corrected chi connectivity index (χ1v) is 10.7. The smallest absolute Gasteiger partial charge is 0.193 e. The van der Waals surface area contributed by atoms with Gasteiger partial charge in [0.25, 0.3) is 0 Å². The van der Waals surface area contributed by atoms with Crippen molar-refractivity contribution in [3.05, 3.63) is 0 Å². The molecule has 0 saturated carbocycles. The zero-order valence-corrected chi connectivity index (χ0v) is 20.0. The summed E-state index contributed by atoms with van der Waals surface area (Å²) in [5.41, 5.74) is 0. The number of guanidine groups is 1. The maximum absolute atomic E-state index is 5.78. The fourth-order valence-corrected chi connectivity index (χ4v) is 3.76. The van der Waals surface area contributed by atoms with E-state index in [4.69, 9.17) is 14.5 Å². The minimum absolute atomic E-state index is 0. The topological polar surface area (TPSA) is 49.3 Å². The summed E-state index contributed by atoms with van der Waals surface area (Å²) in [7, 11) is 0. The summed E-state index contributed by atoms with van der Waals surface area (Å²) in [5, 5.41) is 3.47. The second-order valence-corrected chi connectivity index (χ2v) is 7.48. The lowest BCUT2D eigenvalue weighted by molar-refractivity contribution is 0.0893. The first kappa shape index (κ1) is 24.9. The Morgan fingerprint density at radius 1 is 1.22 bits per heavy atom. The molecule has 2 rings (SSSR count). The van der Waals surface area contributed by atoms with E-state index in [-0.39, 0.29) is 24.0 Å². The van der Waals surface area contributed by atoms with Crippen molar-refractivity contribution in [2.75, 3.05) is 72.2 Å². The molecule has 160 valence electrons. The molecule has 6 nitrogen and oxygen atoms in total. The van der Waals surface area contributed by atoms with Crippen LogP contribution in [0.5, 0.6) is 0 Å². The molecule has 0 spiro atoms. The lowest BCUT2D eigenvalue weighted by Gasteiger charge is -2.24. The minimum Gasteiger partial charge on any atom is -0.381 e. The molecule has 2 aliphatic heterocycles. The molecule has 0 bridgehead atoms. The Morgan fingerprint density at radius 3 is 2.70 bits per heavy atom. The molecule has 2 aliphatic rings. The van der Waals surface area contributed by atoms with Crippen molar-refractivity contribution >= 4 is 29.9 Å². The Bertz CT molecular complexity index is 401. The zero-order chi connectivity index (χ0) is 18.6. The van der Waals surface area contributed by atoms with Crippen LogP contribution >= 0.6 is 24.0 Å². The van der Waals surface area contributed by atoms with E-state index in [1.54, 1.807) is 0 Å². The SMILES string of the molecule is CCNC(=NCCCOCC1CCOC1)N1CCC(CN(CC)CC)C1.I. The van der Waals surface area contributed by atoms with Crippen molar-refractivity contribution in [3.8, 4) is 0 Å². The van der Waals surface area contributed by atoms with Gasteiger partial charge in [-0.25, -0.2) is 0 Å². The number of nitrogens with one attached hydrogen (secondary N) is 1. The summed E-state index contributed by atoms with van der Waals surface area (Å²) >= 11 is 0. The number of aliphatic imine (C=N–C) groups is 1. The highest BCUT2D eigenvalue weighted by Crippen LogP contribution is 2.17. The quantitative estimate of drug-likeness (QED) is 0.206. The van der Waals surface area contributed by atoms with E-state index in [9.17, 15) is 0 Å². The molecule has 1 N–H and O–H groups in total. The summed E-state index contributed by atoms with van der Waals surface area (Å²) in [6, 6.07) is 0. The predicted octanol–water partition coefficient (Wildman–Crippen LogP) is 2.68. The summed E-state index contributed by atoms with van der Waals surface area (Å²) < 4.78 is 11.2. The Morgan fingerprint density at radius 2 is 2.04 bits per heavy atom. The molecule has 2 unspecified atom stereocenters. The van der Waals surface area contributed by atoms with Crippen LogP contribution in [0, 0.1) is 11.8 Å². The maximum Gasteiger partial charge on any atom is 0.193 e. The van der Waals surface area contributed by atoms with Gasteiger partial charge in [0.05, 0.1) is 13.2 Å². The van der Waals surface area contributed by atoms with Crippen molar-refractivity contribution in [3.63, 3.8) is 0 Å². The highest BCUT2D eigenvalue weighted by Gasteiger charge is 2.25. The van der Waals surface area contributed by atoms with Crippen LogP contribution in [-0.4, -0.2) is 88.0 Å². The molecule has 2 atom stereocenters. The lowest BCUT2D eigenvalue weighted by atomic mass is 10.1. The van der Waals surface area contributed by atoms with Gasteiger partial charge in [0, 0.05) is 51.9 Å². The molecule has 2 heterocycles. The summed E-state index contributed by atoms with van der Waals surface area (Å²) in [6.07, 6.45) is 3.40. The van der Waals surface area contributed by atoms with Gasteiger partial charge in [0.15, 0.2) is 5.96 Å². The van der Waals surface area contributed by atoms with Crippen LogP contribution in [0.4, 0.5) is 0 Å². The predicted molar refractivity (Wildman–Crippen MR) is 123 cm³/mol. The van der Waals surface area contributed by atoms with Gasteiger partial charge in [-0.05, 0) is 45.2 Å². The van der Waals surface area contributed by atoms with Crippen LogP contribution < -0.4 is 5.32 Å². The Labute approximate surface area is 183 Å². The number of rotatable bonds is 11. The van der Waals surface area contributed by atoms with Crippen LogP contribution in [0.2, 0.25) is 0 Å². The average molecular weight is 496 g/mol. The van der Waals surface area contributed by atoms with E-state index in [0.29, 0.717) is 5.92 Å². The number of likely N-dealkylation sites (tertiary alicyclic amines) is 1. The number of halogens is 1. The number of ether oxygens (including phenoxy) is 2. The third-order valence-electron chi connectivity index (χ3n) is 5.42. The van der Waals surface area contributed by atoms with Gasteiger partial charge < -0.3 is 24.6 Å². The van der Waals surface area contributed by atoms with Gasteiger partial charge in [-0.2, -0.15) is 0 Å². The van der Waals surface area contributed by atoms with Gasteiger partial charge in [-0.15, -0.1) is 24.0 Å². The van der Waals surface area contributed by atoms with Crippen molar-refractivity contribution in [2.45, 2.75) is 40.0 Å². The van der Waals surface area contributed by atoms with E-state index in [1.807, 2.05) is 0 Å². The molecule has 0 aliphatic carbocycles.